The number of fused-ring (bicyclic) bond motifs is 1. The molecule has 10 heteroatoms. The van der Waals surface area contributed by atoms with Crippen molar-refractivity contribution in [2.45, 2.75) is 65.0 Å². The minimum absolute atomic E-state index is 0.0203. The Bertz CT molecular complexity index is 1340. The third kappa shape index (κ3) is 5.28. The molecule has 2 aliphatic rings. The summed E-state index contributed by atoms with van der Waals surface area (Å²) in [4.78, 5) is 36.9. The second-order valence-corrected chi connectivity index (χ2v) is 10.3. The predicted octanol–water partition coefficient (Wildman–Crippen LogP) is 4.69. The normalized spacial score (nSPS) is 21.4. The van der Waals surface area contributed by atoms with E-state index in [-0.39, 0.29) is 35.4 Å². The first kappa shape index (κ1) is 25.1. The molecule has 2 aromatic heterocycles. The van der Waals surface area contributed by atoms with Crippen LogP contribution in [0.4, 0.5) is 8.78 Å². The van der Waals surface area contributed by atoms with Crippen LogP contribution in [0.5, 0.6) is 5.75 Å². The summed E-state index contributed by atoms with van der Waals surface area (Å²) in [6, 6.07) is 4.24. The van der Waals surface area contributed by atoms with Gasteiger partial charge in [0.15, 0.2) is 0 Å². The average molecular weight is 512 g/mol. The largest absolute Gasteiger partial charge is 0.493 e. The van der Waals surface area contributed by atoms with E-state index in [1.807, 2.05) is 6.92 Å². The van der Waals surface area contributed by atoms with Crippen LogP contribution in [0.2, 0.25) is 0 Å². The summed E-state index contributed by atoms with van der Waals surface area (Å²) in [5.41, 5.74) is 2.60. The molecule has 37 heavy (non-hydrogen) atoms. The average Bonchev–Trinajstić information content (AvgIpc) is 3.52. The van der Waals surface area contributed by atoms with Gasteiger partial charge in [0.1, 0.15) is 23.3 Å². The molecule has 3 N–H and O–H groups in total. The van der Waals surface area contributed by atoms with Crippen LogP contribution in [-0.2, 0) is 4.79 Å². The van der Waals surface area contributed by atoms with E-state index in [2.05, 4.69) is 25.6 Å². The van der Waals surface area contributed by atoms with Crippen molar-refractivity contribution in [1.82, 2.24) is 25.6 Å². The van der Waals surface area contributed by atoms with E-state index in [0.29, 0.717) is 58.2 Å². The number of alkyl halides is 2. The van der Waals surface area contributed by atoms with Gasteiger partial charge in [-0.1, -0.05) is 6.92 Å². The zero-order valence-corrected chi connectivity index (χ0v) is 21.1. The Kier molecular flexibility index (Phi) is 6.83. The van der Waals surface area contributed by atoms with E-state index in [1.54, 1.807) is 13.0 Å². The smallest absolute Gasteiger partial charge is 0.263 e. The van der Waals surface area contributed by atoms with Gasteiger partial charge in [0.05, 0.1) is 17.7 Å². The van der Waals surface area contributed by atoms with Gasteiger partial charge in [-0.15, -0.1) is 0 Å². The molecule has 0 radical (unpaired) electrons. The Morgan fingerprint density at radius 3 is 2.68 bits per heavy atom. The molecule has 1 aromatic carbocycles. The van der Waals surface area contributed by atoms with Crippen molar-refractivity contribution in [3.8, 4) is 17.0 Å². The first-order valence-corrected chi connectivity index (χ1v) is 12.7. The molecule has 2 saturated carbocycles. The van der Waals surface area contributed by atoms with Gasteiger partial charge in [0.25, 0.3) is 12.3 Å². The highest BCUT2D eigenvalue weighted by Gasteiger charge is 2.34. The molecule has 2 amide bonds. The van der Waals surface area contributed by atoms with Gasteiger partial charge in [-0.3, -0.25) is 9.59 Å². The van der Waals surface area contributed by atoms with E-state index >= 15 is 0 Å². The highest BCUT2D eigenvalue weighted by atomic mass is 19.3. The summed E-state index contributed by atoms with van der Waals surface area (Å²) in [6.07, 6.45) is 2.33. The van der Waals surface area contributed by atoms with Crippen molar-refractivity contribution in [1.29, 1.82) is 0 Å². The number of aromatic nitrogens is 3. The third-order valence-corrected chi connectivity index (χ3v) is 7.29. The number of hydrogen-bond donors (Lipinski definition) is 3. The number of rotatable bonds is 8. The van der Waals surface area contributed by atoms with Crippen LogP contribution in [0.3, 0.4) is 0 Å². The first-order chi connectivity index (χ1) is 17.7. The second-order valence-electron chi connectivity index (χ2n) is 10.3. The topological polar surface area (TPSA) is 109 Å². The fourth-order valence-corrected chi connectivity index (χ4v) is 5.18. The number of hydrogen-bond acceptors (Lipinski definition) is 5. The third-order valence-electron chi connectivity index (χ3n) is 7.29. The summed E-state index contributed by atoms with van der Waals surface area (Å²) in [5, 5.41) is 6.04. The van der Waals surface area contributed by atoms with Gasteiger partial charge in [-0.25, -0.2) is 18.7 Å². The number of carbonyl (C=O) groups excluding carboxylic acids is 2. The maximum atomic E-state index is 13.6. The van der Waals surface area contributed by atoms with Crippen molar-refractivity contribution < 1.29 is 23.1 Å². The Balaban J connectivity index is 1.47. The number of benzene rings is 1. The van der Waals surface area contributed by atoms with Gasteiger partial charge in [0, 0.05) is 35.8 Å². The van der Waals surface area contributed by atoms with Crippen molar-refractivity contribution in [2.24, 2.45) is 11.8 Å². The molecule has 2 fully saturated rings. The standard InChI is InChI=1S/C27H31F2N5O3/c1-13-8-18(33-15(3)35)10-20(13)34-27(36)22-14(2)32-25-23(30-12-31-24(22)25)19-9-17(26(28)29)6-7-21(19)37-11-16-4-5-16/h6-7,9,12-13,16,18,20,26,32H,4-5,8,10-11H2,1-3H3,(H,33,35)(H,34,36)/t13-,18+,20-/m1/s1. The summed E-state index contributed by atoms with van der Waals surface area (Å²) < 4.78 is 33.1. The molecule has 0 unspecified atom stereocenters. The number of H-pyrrole nitrogens is 1. The van der Waals surface area contributed by atoms with Gasteiger partial charge in [0.2, 0.25) is 5.91 Å². The summed E-state index contributed by atoms with van der Waals surface area (Å²) in [6.45, 7) is 5.83. The summed E-state index contributed by atoms with van der Waals surface area (Å²) >= 11 is 0. The highest BCUT2D eigenvalue weighted by Crippen LogP contribution is 2.38. The number of aromatic amines is 1. The first-order valence-electron chi connectivity index (χ1n) is 12.7. The molecule has 0 spiro atoms. The molecule has 0 saturated heterocycles. The van der Waals surface area contributed by atoms with Crippen LogP contribution < -0.4 is 15.4 Å². The zero-order chi connectivity index (χ0) is 26.3. The maximum Gasteiger partial charge on any atom is 0.263 e. The summed E-state index contributed by atoms with van der Waals surface area (Å²) in [7, 11) is 0. The van der Waals surface area contributed by atoms with E-state index in [0.717, 1.165) is 19.3 Å². The van der Waals surface area contributed by atoms with E-state index < -0.39 is 6.43 Å². The molecule has 196 valence electrons. The van der Waals surface area contributed by atoms with Crippen LogP contribution in [-0.4, -0.2) is 45.5 Å². The molecule has 2 heterocycles. The molecule has 2 aliphatic carbocycles. The predicted molar refractivity (Wildman–Crippen MR) is 134 cm³/mol. The number of ether oxygens (including phenoxy) is 1. The molecule has 3 atom stereocenters. The Labute approximate surface area is 213 Å². The molecular weight excluding hydrogens is 480 g/mol. The van der Waals surface area contributed by atoms with Crippen LogP contribution >= 0.6 is 0 Å². The number of nitrogens with zero attached hydrogens (tertiary/aromatic N) is 2. The number of aryl methyl sites for hydroxylation is 1. The zero-order valence-electron chi connectivity index (χ0n) is 21.1. The van der Waals surface area contributed by atoms with Crippen molar-refractivity contribution >= 4 is 22.8 Å². The van der Waals surface area contributed by atoms with Crippen molar-refractivity contribution in [2.75, 3.05) is 6.61 Å². The molecule has 0 aliphatic heterocycles. The minimum atomic E-state index is -2.64. The Morgan fingerprint density at radius 2 is 1.97 bits per heavy atom. The number of amides is 2. The lowest BCUT2D eigenvalue weighted by atomic mass is 10.0. The fraction of sp³-hybridized carbons (Fsp3) is 0.481. The fourth-order valence-electron chi connectivity index (χ4n) is 5.18. The van der Waals surface area contributed by atoms with Crippen molar-refractivity contribution in [3.63, 3.8) is 0 Å². The Morgan fingerprint density at radius 1 is 1.19 bits per heavy atom. The van der Waals surface area contributed by atoms with Gasteiger partial charge >= 0.3 is 0 Å². The van der Waals surface area contributed by atoms with Crippen LogP contribution in [0.15, 0.2) is 24.5 Å². The van der Waals surface area contributed by atoms with Crippen LogP contribution in [0, 0.1) is 18.8 Å². The van der Waals surface area contributed by atoms with Gasteiger partial charge in [-0.05, 0) is 62.6 Å². The van der Waals surface area contributed by atoms with E-state index in [4.69, 9.17) is 4.74 Å². The SMILES string of the molecule is CC(=O)N[C@H]1C[C@@H](C)[C@H](NC(=O)c2c(C)[nH]c3c(-c4cc(C(F)F)ccc4OCC4CC4)ncnc23)C1. The highest BCUT2D eigenvalue weighted by molar-refractivity contribution is 6.09. The molecule has 3 aromatic rings. The van der Waals surface area contributed by atoms with Crippen LogP contribution in [0.25, 0.3) is 22.3 Å². The lowest BCUT2D eigenvalue weighted by Gasteiger charge is -2.17. The van der Waals surface area contributed by atoms with E-state index in [1.165, 1.54) is 25.4 Å². The molecular formula is C27H31F2N5O3. The quantitative estimate of drug-likeness (QED) is 0.407. The number of carbonyl (C=O) groups is 2. The van der Waals surface area contributed by atoms with Gasteiger partial charge in [-0.2, -0.15) is 0 Å². The number of halogens is 2. The maximum absolute atomic E-state index is 13.6. The second kappa shape index (κ2) is 10.1. The monoisotopic (exact) mass is 511 g/mol. The van der Waals surface area contributed by atoms with Gasteiger partial charge < -0.3 is 20.4 Å². The summed E-state index contributed by atoms with van der Waals surface area (Å²) in [5.74, 6) is 0.787. The Hall–Kier alpha value is -3.56. The molecule has 8 nitrogen and oxygen atoms in total. The van der Waals surface area contributed by atoms with E-state index in [9.17, 15) is 18.4 Å². The lowest BCUT2D eigenvalue weighted by Crippen LogP contribution is -2.38. The molecule has 5 rings (SSSR count). The van der Waals surface area contributed by atoms with Crippen molar-refractivity contribution in [3.05, 3.63) is 41.3 Å². The minimum Gasteiger partial charge on any atom is -0.493 e. The molecule has 0 bridgehead atoms. The van der Waals surface area contributed by atoms with Crippen LogP contribution in [0.1, 0.15) is 67.6 Å². The lowest BCUT2D eigenvalue weighted by molar-refractivity contribution is -0.119. The number of nitrogens with one attached hydrogen (secondary N) is 3.